The van der Waals surface area contributed by atoms with Crippen LogP contribution in [0.4, 0.5) is 4.39 Å². The summed E-state index contributed by atoms with van der Waals surface area (Å²) in [7, 11) is 0. The van der Waals surface area contributed by atoms with Gasteiger partial charge < -0.3 is 10.3 Å². The summed E-state index contributed by atoms with van der Waals surface area (Å²) in [4.78, 5) is 22.1. The van der Waals surface area contributed by atoms with Crippen LogP contribution < -0.4 is 5.32 Å². The monoisotopic (exact) mass is 394 g/mol. The van der Waals surface area contributed by atoms with Crippen LogP contribution in [0.1, 0.15) is 45.9 Å². The van der Waals surface area contributed by atoms with Crippen molar-refractivity contribution in [2.75, 3.05) is 19.6 Å². The normalized spacial score (nSPS) is 16.8. The summed E-state index contributed by atoms with van der Waals surface area (Å²) in [5.41, 5.74) is 1.11. The number of hydrogen-bond donors (Lipinski definition) is 2. The first-order chi connectivity index (χ1) is 12.8. The van der Waals surface area contributed by atoms with Gasteiger partial charge in [-0.25, -0.2) is 9.37 Å². The summed E-state index contributed by atoms with van der Waals surface area (Å²) in [6.07, 6.45) is 3.76. The van der Waals surface area contributed by atoms with Gasteiger partial charge in [-0.3, -0.25) is 9.69 Å². The molecule has 1 fully saturated rings. The van der Waals surface area contributed by atoms with E-state index in [1.165, 1.54) is 12.1 Å². The number of hydrogen-bond acceptors (Lipinski definition) is 3. The first-order valence-corrected chi connectivity index (χ1v) is 10.0. The number of nitrogens with zero attached hydrogens (tertiary/aromatic N) is 2. The van der Waals surface area contributed by atoms with E-state index in [1.54, 1.807) is 0 Å². The third-order valence-electron chi connectivity index (χ3n) is 5.47. The van der Waals surface area contributed by atoms with E-state index in [9.17, 15) is 9.18 Å². The Morgan fingerprint density at radius 3 is 2.78 bits per heavy atom. The Labute approximate surface area is 164 Å². The highest BCUT2D eigenvalue weighted by atomic mass is 35.5. The number of benzene rings is 1. The Bertz CT molecular complexity index is 812. The van der Waals surface area contributed by atoms with Crippen molar-refractivity contribution in [3.63, 3.8) is 0 Å². The van der Waals surface area contributed by atoms with Crippen LogP contribution in [0, 0.1) is 11.7 Å². The van der Waals surface area contributed by atoms with Crippen molar-refractivity contribution in [3.8, 4) is 0 Å². The Morgan fingerprint density at radius 2 is 2.11 bits per heavy atom. The average Bonchev–Trinajstić information content (AvgIpc) is 2.99. The van der Waals surface area contributed by atoms with E-state index >= 15 is 0 Å². The molecule has 0 unspecified atom stereocenters. The average molecular weight is 395 g/mol. The van der Waals surface area contributed by atoms with Crippen LogP contribution in [0.5, 0.6) is 0 Å². The maximum atomic E-state index is 13.5. The molecule has 0 aliphatic carbocycles. The number of carbonyl (C=O) groups is 1. The fourth-order valence-corrected chi connectivity index (χ4v) is 3.77. The summed E-state index contributed by atoms with van der Waals surface area (Å²) in [6.45, 7) is 8.42. The van der Waals surface area contributed by atoms with E-state index in [1.807, 2.05) is 13.8 Å². The molecule has 7 heteroatoms. The van der Waals surface area contributed by atoms with E-state index in [2.05, 4.69) is 27.1 Å². The fourth-order valence-electron chi connectivity index (χ4n) is 3.52. The van der Waals surface area contributed by atoms with Crippen molar-refractivity contribution in [1.29, 1.82) is 0 Å². The van der Waals surface area contributed by atoms with Gasteiger partial charge in [-0.05, 0) is 64.3 Å². The lowest BCUT2D eigenvalue weighted by molar-refractivity contribution is -0.124. The Kier molecular flexibility index (Phi) is 6.06. The van der Waals surface area contributed by atoms with Crippen molar-refractivity contribution < 1.29 is 9.18 Å². The number of aromatic nitrogens is 2. The zero-order valence-corrected chi connectivity index (χ0v) is 17.0. The number of likely N-dealkylation sites (tertiary alicyclic amines) is 1. The second-order valence-corrected chi connectivity index (χ2v) is 8.58. The van der Waals surface area contributed by atoms with Gasteiger partial charge in [-0.15, -0.1) is 0 Å². The number of imidazole rings is 1. The molecule has 5 nitrogen and oxygen atoms in total. The minimum atomic E-state index is -0.361. The van der Waals surface area contributed by atoms with Crippen LogP contribution in [0.15, 0.2) is 12.1 Å². The first-order valence-electron chi connectivity index (χ1n) is 9.63. The summed E-state index contributed by atoms with van der Waals surface area (Å²) in [6, 6.07) is 2.72. The van der Waals surface area contributed by atoms with E-state index in [0.717, 1.165) is 44.6 Å². The van der Waals surface area contributed by atoms with E-state index < -0.39 is 0 Å². The second-order valence-electron chi connectivity index (χ2n) is 8.18. The maximum absolute atomic E-state index is 13.5. The van der Waals surface area contributed by atoms with Gasteiger partial charge in [-0.2, -0.15) is 0 Å². The highest BCUT2D eigenvalue weighted by Crippen LogP contribution is 2.26. The van der Waals surface area contributed by atoms with E-state index in [0.29, 0.717) is 28.5 Å². The SMILES string of the molecule is CCC(C)(C)NC(=O)CN1CCC(Cc2nc3c(Cl)cc(F)cc3[nH]2)CC1. The maximum Gasteiger partial charge on any atom is 0.234 e. The molecule has 2 heterocycles. The molecule has 0 bridgehead atoms. The molecule has 2 N–H and O–H groups in total. The van der Waals surface area contributed by atoms with E-state index in [4.69, 9.17) is 11.6 Å². The van der Waals surface area contributed by atoms with Gasteiger partial charge in [-0.1, -0.05) is 18.5 Å². The van der Waals surface area contributed by atoms with E-state index in [-0.39, 0.29) is 17.3 Å². The second kappa shape index (κ2) is 8.15. The zero-order chi connectivity index (χ0) is 19.6. The zero-order valence-electron chi connectivity index (χ0n) is 16.2. The third-order valence-corrected chi connectivity index (χ3v) is 5.76. The predicted molar refractivity (Wildman–Crippen MR) is 106 cm³/mol. The number of H-pyrrole nitrogens is 1. The van der Waals surface area contributed by atoms with Crippen molar-refractivity contribution in [2.24, 2.45) is 5.92 Å². The molecule has 0 spiro atoms. The number of nitrogens with one attached hydrogen (secondary N) is 2. The van der Waals surface area contributed by atoms with Gasteiger partial charge in [0.2, 0.25) is 5.91 Å². The highest BCUT2D eigenvalue weighted by molar-refractivity contribution is 6.34. The lowest BCUT2D eigenvalue weighted by atomic mass is 9.93. The lowest BCUT2D eigenvalue weighted by Gasteiger charge is -2.32. The molecule has 1 saturated heterocycles. The molecule has 0 radical (unpaired) electrons. The van der Waals surface area contributed by atoms with Gasteiger partial charge in [0.05, 0.1) is 17.1 Å². The van der Waals surface area contributed by atoms with Crippen LogP contribution in [-0.2, 0) is 11.2 Å². The quantitative estimate of drug-likeness (QED) is 0.780. The summed E-state index contributed by atoms with van der Waals surface area (Å²) >= 11 is 6.08. The largest absolute Gasteiger partial charge is 0.350 e. The molecule has 1 aliphatic heterocycles. The molecule has 1 aromatic carbocycles. The van der Waals surface area contributed by atoms with Crippen LogP contribution >= 0.6 is 11.6 Å². The molecule has 1 aliphatic rings. The first kappa shape index (κ1) is 20.1. The molecular weight excluding hydrogens is 367 g/mol. The number of rotatable bonds is 6. The number of carbonyl (C=O) groups excluding carboxylic acids is 1. The summed E-state index contributed by atoms with van der Waals surface area (Å²) < 4.78 is 13.5. The fraction of sp³-hybridized carbons (Fsp3) is 0.600. The minimum absolute atomic E-state index is 0.0919. The van der Waals surface area contributed by atoms with Crippen molar-refractivity contribution in [3.05, 3.63) is 28.8 Å². The molecular formula is C20H28ClFN4O. The predicted octanol–water partition coefficient (Wildman–Crippen LogP) is 3.91. The molecule has 2 aromatic rings. The Balaban J connectivity index is 1.51. The smallest absolute Gasteiger partial charge is 0.234 e. The standard InChI is InChI=1S/C20H28ClFN4O/c1-4-20(2,3)25-18(27)12-26-7-5-13(6-8-26)9-17-23-16-11-14(22)10-15(21)19(16)24-17/h10-11,13H,4-9,12H2,1-3H3,(H,23,24)(H,25,27). The molecule has 1 aromatic heterocycles. The van der Waals surface area contributed by atoms with Crippen LogP contribution in [-0.4, -0.2) is 45.9 Å². The van der Waals surface area contributed by atoms with Gasteiger partial charge in [0.15, 0.2) is 0 Å². The number of fused-ring (bicyclic) bond motifs is 1. The van der Waals surface area contributed by atoms with Gasteiger partial charge in [0.25, 0.3) is 0 Å². The molecule has 0 atom stereocenters. The van der Waals surface area contributed by atoms with Crippen LogP contribution in [0.3, 0.4) is 0 Å². The van der Waals surface area contributed by atoms with Crippen molar-refractivity contribution >= 4 is 28.5 Å². The number of amides is 1. The van der Waals surface area contributed by atoms with Crippen molar-refractivity contribution in [1.82, 2.24) is 20.2 Å². The number of piperidine rings is 1. The highest BCUT2D eigenvalue weighted by Gasteiger charge is 2.24. The molecule has 148 valence electrons. The minimum Gasteiger partial charge on any atom is -0.350 e. The molecule has 27 heavy (non-hydrogen) atoms. The Hall–Kier alpha value is -1.66. The van der Waals surface area contributed by atoms with Gasteiger partial charge >= 0.3 is 0 Å². The molecule has 0 saturated carbocycles. The Morgan fingerprint density at radius 1 is 1.41 bits per heavy atom. The van der Waals surface area contributed by atoms with Crippen LogP contribution in [0.25, 0.3) is 11.0 Å². The molecule has 3 rings (SSSR count). The van der Waals surface area contributed by atoms with Gasteiger partial charge in [0.1, 0.15) is 17.2 Å². The van der Waals surface area contributed by atoms with Crippen molar-refractivity contribution in [2.45, 2.75) is 52.0 Å². The van der Waals surface area contributed by atoms with Gasteiger partial charge in [0, 0.05) is 12.0 Å². The number of halogens is 2. The number of aromatic amines is 1. The third kappa shape index (κ3) is 5.20. The summed E-state index contributed by atoms with van der Waals surface area (Å²) in [5, 5.41) is 3.43. The summed E-state index contributed by atoms with van der Waals surface area (Å²) in [5.74, 6) is 1.08. The molecule has 1 amide bonds. The van der Waals surface area contributed by atoms with Crippen LogP contribution in [0.2, 0.25) is 5.02 Å². The topological polar surface area (TPSA) is 61.0 Å². The lowest BCUT2D eigenvalue weighted by Crippen LogP contribution is -2.48.